The van der Waals surface area contributed by atoms with Gasteiger partial charge in [-0.05, 0) is 49.1 Å². The number of halogens is 1. The third kappa shape index (κ3) is 4.22. The first-order valence-corrected chi connectivity index (χ1v) is 8.64. The third-order valence-electron chi connectivity index (χ3n) is 3.73. The molecule has 1 aliphatic carbocycles. The molecule has 4 heteroatoms. The molecule has 2 nitrogen and oxygen atoms in total. The molecule has 106 valence electrons. The van der Waals surface area contributed by atoms with Crippen LogP contribution in [0, 0.1) is 0 Å². The Balaban J connectivity index is 1.73. The smallest absolute Gasteiger partial charge is 0.227 e. The summed E-state index contributed by atoms with van der Waals surface area (Å²) in [5.74, 6) is 1.06. The molecule has 1 aliphatic rings. The van der Waals surface area contributed by atoms with Gasteiger partial charge < -0.3 is 5.32 Å². The van der Waals surface area contributed by atoms with Crippen molar-refractivity contribution >= 4 is 28.8 Å². The van der Waals surface area contributed by atoms with E-state index in [1.165, 1.54) is 10.4 Å². The fourth-order valence-electron chi connectivity index (χ4n) is 2.67. The molecular formula is C15H22ClNOS. The lowest BCUT2D eigenvalue weighted by molar-refractivity contribution is -0.122. The number of fused-ring (bicyclic) bond motifs is 1. The van der Waals surface area contributed by atoms with Crippen LogP contribution in [-0.2, 0) is 11.2 Å². The maximum absolute atomic E-state index is 12.2. The van der Waals surface area contributed by atoms with Gasteiger partial charge in [0.25, 0.3) is 0 Å². The van der Waals surface area contributed by atoms with Crippen LogP contribution in [-0.4, -0.2) is 18.3 Å². The second-order valence-corrected chi connectivity index (χ2v) is 6.52. The highest BCUT2D eigenvalue weighted by atomic mass is 35.5. The van der Waals surface area contributed by atoms with E-state index in [1.54, 1.807) is 11.3 Å². The molecule has 1 unspecified atom stereocenters. The predicted octanol–water partition coefficient (Wildman–Crippen LogP) is 4.08. The molecule has 1 heterocycles. The summed E-state index contributed by atoms with van der Waals surface area (Å²) in [4.78, 5) is 13.6. The van der Waals surface area contributed by atoms with Crippen molar-refractivity contribution in [1.29, 1.82) is 0 Å². The van der Waals surface area contributed by atoms with Crippen molar-refractivity contribution < 1.29 is 4.79 Å². The molecule has 0 radical (unpaired) electrons. The topological polar surface area (TPSA) is 29.1 Å². The molecule has 0 fully saturated rings. The van der Waals surface area contributed by atoms with Gasteiger partial charge >= 0.3 is 0 Å². The van der Waals surface area contributed by atoms with Crippen molar-refractivity contribution in [2.24, 2.45) is 0 Å². The number of alkyl halides is 1. The number of unbranched alkanes of at least 4 members (excludes halogenated alkanes) is 3. The van der Waals surface area contributed by atoms with Crippen molar-refractivity contribution in [2.45, 2.75) is 50.9 Å². The van der Waals surface area contributed by atoms with Crippen molar-refractivity contribution in [3.63, 3.8) is 0 Å². The monoisotopic (exact) mass is 299 g/mol. The van der Waals surface area contributed by atoms with Gasteiger partial charge in [0.05, 0.1) is 5.92 Å². The summed E-state index contributed by atoms with van der Waals surface area (Å²) in [5, 5.41) is 5.21. The summed E-state index contributed by atoms with van der Waals surface area (Å²) >= 11 is 7.43. The van der Waals surface area contributed by atoms with E-state index in [-0.39, 0.29) is 11.8 Å². The molecule has 0 saturated heterocycles. The number of thiophene rings is 1. The van der Waals surface area contributed by atoms with Crippen LogP contribution in [0.25, 0.3) is 0 Å². The SMILES string of the molecule is O=C(NCCCCCCCl)C1CCCc2sccc21. The zero-order chi connectivity index (χ0) is 13.5. The van der Waals surface area contributed by atoms with E-state index >= 15 is 0 Å². The zero-order valence-corrected chi connectivity index (χ0v) is 12.9. The number of hydrogen-bond acceptors (Lipinski definition) is 2. The highest BCUT2D eigenvalue weighted by Gasteiger charge is 2.26. The van der Waals surface area contributed by atoms with Crippen molar-refractivity contribution in [3.05, 3.63) is 21.9 Å². The van der Waals surface area contributed by atoms with Crippen LogP contribution in [0.1, 0.15) is 54.9 Å². The van der Waals surface area contributed by atoms with E-state index in [2.05, 4.69) is 16.8 Å². The summed E-state index contributed by atoms with van der Waals surface area (Å²) in [7, 11) is 0. The van der Waals surface area contributed by atoms with E-state index < -0.39 is 0 Å². The molecule has 0 aliphatic heterocycles. The fraction of sp³-hybridized carbons (Fsp3) is 0.667. The Morgan fingerprint density at radius 1 is 1.37 bits per heavy atom. The Bertz CT molecular complexity index is 405. The molecule has 2 rings (SSSR count). The lowest BCUT2D eigenvalue weighted by Crippen LogP contribution is -2.31. The van der Waals surface area contributed by atoms with Gasteiger partial charge in [0.15, 0.2) is 0 Å². The predicted molar refractivity (Wildman–Crippen MR) is 82.2 cm³/mol. The van der Waals surface area contributed by atoms with Crippen LogP contribution in [0.3, 0.4) is 0 Å². The molecule has 0 spiro atoms. The molecule has 1 N–H and O–H groups in total. The lowest BCUT2D eigenvalue weighted by atomic mass is 9.87. The van der Waals surface area contributed by atoms with E-state index in [4.69, 9.17) is 11.6 Å². The highest BCUT2D eigenvalue weighted by Crippen LogP contribution is 2.34. The minimum absolute atomic E-state index is 0.0952. The summed E-state index contributed by atoms with van der Waals surface area (Å²) in [6, 6.07) is 2.13. The zero-order valence-electron chi connectivity index (χ0n) is 11.3. The number of carbonyl (C=O) groups excluding carboxylic acids is 1. The molecule has 1 aromatic rings. The summed E-state index contributed by atoms with van der Waals surface area (Å²) < 4.78 is 0. The van der Waals surface area contributed by atoms with E-state index in [1.807, 2.05) is 0 Å². The van der Waals surface area contributed by atoms with E-state index in [0.29, 0.717) is 0 Å². The quantitative estimate of drug-likeness (QED) is 0.596. The van der Waals surface area contributed by atoms with Gasteiger partial charge in [0.2, 0.25) is 5.91 Å². The minimum Gasteiger partial charge on any atom is -0.356 e. The molecule has 0 aromatic carbocycles. The maximum Gasteiger partial charge on any atom is 0.227 e. The number of carbonyl (C=O) groups is 1. The summed E-state index contributed by atoms with van der Waals surface area (Å²) in [6.07, 6.45) is 7.75. The van der Waals surface area contributed by atoms with Gasteiger partial charge in [0.1, 0.15) is 0 Å². The number of nitrogens with one attached hydrogen (secondary N) is 1. The van der Waals surface area contributed by atoms with Crippen molar-refractivity contribution in [2.75, 3.05) is 12.4 Å². The Morgan fingerprint density at radius 2 is 2.21 bits per heavy atom. The van der Waals surface area contributed by atoms with Gasteiger partial charge in [-0.25, -0.2) is 0 Å². The van der Waals surface area contributed by atoms with Crippen LogP contribution in [0.15, 0.2) is 11.4 Å². The first-order valence-electron chi connectivity index (χ1n) is 7.23. The molecule has 0 bridgehead atoms. The van der Waals surface area contributed by atoms with Crippen LogP contribution in [0.4, 0.5) is 0 Å². The maximum atomic E-state index is 12.2. The molecule has 1 amide bonds. The van der Waals surface area contributed by atoms with Gasteiger partial charge in [-0.2, -0.15) is 0 Å². The van der Waals surface area contributed by atoms with Crippen LogP contribution < -0.4 is 5.32 Å². The van der Waals surface area contributed by atoms with Crippen LogP contribution in [0.5, 0.6) is 0 Å². The van der Waals surface area contributed by atoms with Gasteiger partial charge in [-0.1, -0.05) is 12.8 Å². The molecule has 19 heavy (non-hydrogen) atoms. The average Bonchev–Trinajstić information content (AvgIpc) is 2.90. The fourth-order valence-corrected chi connectivity index (χ4v) is 3.84. The van der Waals surface area contributed by atoms with Crippen LogP contribution >= 0.6 is 22.9 Å². The molecule has 1 aromatic heterocycles. The van der Waals surface area contributed by atoms with E-state index in [9.17, 15) is 4.79 Å². The van der Waals surface area contributed by atoms with Crippen molar-refractivity contribution in [3.8, 4) is 0 Å². The van der Waals surface area contributed by atoms with Crippen molar-refractivity contribution in [1.82, 2.24) is 5.32 Å². The Hall–Kier alpha value is -0.540. The lowest BCUT2D eigenvalue weighted by Gasteiger charge is -2.21. The minimum atomic E-state index is 0.0952. The summed E-state index contributed by atoms with van der Waals surface area (Å²) in [5.41, 5.74) is 1.27. The number of amides is 1. The second-order valence-electron chi connectivity index (χ2n) is 5.14. The van der Waals surface area contributed by atoms with E-state index in [0.717, 1.165) is 57.4 Å². The first kappa shape index (κ1) is 14.9. The molecule has 1 atom stereocenters. The summed E-state index contributed by atoms with van der Waals surface area (Å²) in [6.45, 7) is 0.803. The number of hydrogen-bond donors (Lipinski definition) is 1. The largest absolute Gasteiger partial charge is 0.356 e. The van der Waals surface area contributed by atoms with Gasteiger partial charge in [-0.3, -0.25) is 4.79 Å². The third-order valence-corrected chi connectivity index (χ3v) is 4.99. The Morgan fingerprint density at radius 3 is 3.05 bits per heavy atom. The molecule has 0 saturated carbocycles. The number of rotatable bonds is 7. The normalized spacial score (nSPS) is 18.1. The van der Waals surface area contributed by atoms with Gasteiger partial charge in [0, 0.05) is 17.3 Å². The molecular weight excluding hydrogens is 278 g/mol. The number of aryl methyl sites for hydroxylation is 1. The average molecular weight is 300 g/mol. The van der Waals surface area contributed by atoms with Gasteiger partial charge in [-0.15, -0.1) is 22.9 Å². The first-order chi connectivity index (χ1) is 9.33. The second kappa shape index (κ2) is 7.91. The Kier molecular flexibility index (Phi) is 6.18. The Labute approximate surface area is 124 Å². The standard InChI is InChI=1S/C15H22ClNOS/c16-9-3-1-2-4-10-17-15(18)13-6-5-7-14-12(13)8-11-19-14/h8,11,13H,1-7,9-10H2,(H,17,18). The van der Waals surface area contributed by atoms with Crippen LogP contribution in [0.2, 0.25) is 0 Å². The highest BCUT2D eigenvalue weighted by molar-refractivity contribution is 7.10.